The van der Waals surface area contributed by atoms with Crippen LogP contribution in [0.25, 0.3) is 0 Å². The molecule has 1 atom stereocenters. The number of benzene rings is 1. The van der Waals surface area contributed by atoms with E-state index < -0.39 is 0 Å². The number of hydrogen-bond acceptors (Lipinski definition) is 5. The van der Waals surface area contributed by atoms with E-state index in [1.807, 2.05) is 12.1 Å². The third kappa shape index (κ3) is 7.17. The second-order valence-corrected chi connectivity index (χ2v) is 10.4. The maximum absolute atomic E-state index is 11.9. The fraction of sp³-hybridized carbons (Fsp3) is 0.607. The summed E-state index contributed by atoms with van der Waals surface area (Å²) in [5, 5.41) is 5.41. The van der Waals surface area contributed by atoms with E-state index in [0.717, 1.165) is 50.6 Å². The van der Waals surface area contributed by atoms with Gasteiger partial charge in [-0.2, -0.15) is 0 Å². The van der Waals surface area contributed by atoms with Crippen LogP contribution in [0.2, 0.25) is 0 Å². The van der Waals surface area contributed by atoms with Gasteiger partial charge in [-0.15, -0.1) is 0 Å². The number of nitrogens with one attached hydrogen (secondary N) is 2. The molecule has 0 radical (unpaired) electrons. The van der Waals surface area contributed by atoms with Gasteiger partial charge in [0.1, 0.15) is 0 Å². The molecule has 35 heavy (non-hydrogen) atoms. The number of rotatable bonds is 5. The Bertz CT molecular complexity index is 911. The zero-order chi connectivity index (χ0) is 24.8. The Morgan fingerprint density at radius 1 is 0.943 bits per heavy atom. The highest BCUT2D eigenvalue weighted by Crippen LogP contribution is 2.30. The van der Waals surface area contributed by atoms with Crippen LogP contribution in [-0.4, -0.2) is 60.9 Å². The third-order valence-electron chi connectivity index (χ3n) is 7.61. The van der Waals surface area contributed by atoms with Gasteiger partial charge in [0.2, 0.25) is 17.7 Å². The quantitative estimate of drug-likeness (QED) is 0.498. The molecular formula is C28H40N4O3. The summed E-state index contributed by atoms with van der Waals surface area (Å²) in [5.41, 5.74) is 2.85. The molecule has 7 heteroatoms. The summed E-state index contributed by atoms with van der Waals surface area (Å²) < 4.78 is 0. The molecule has 2 saturated heterocycles. The van der Waals surface area contributed by atoms with Gasteiger partial charge in [0, 0.05) is 55.9 Å². The highest BCUT2D eigenvalue weighted by atomic mass is 16.2. The summed E-state index contributed by atoms with van der Waals surface area (Å²) in [6.07, 6.45) is 9.90. The molecule has 1 aromatic rings. The molecule has 4 aliphatic rings. The van der Waals surface area contributed by atoms with Gasteiger partial charge >= 0.3 is 0 Å². The van der Waals surface area contributed by atoms with E-state index >= 15 is 0 Å². The van der Waals surface area contributed by atoms with E-state index in [9.17, 15) is 14.4 Å². The van der Waals surface area contributed by atoms with Crippen LogP contribution >= 0.6 is 0 Å². The molecule has 2 saturated carbocycles. The van der Waals surface area contributed by atoms with Crippen molar-refractivity contribution in [1.29, 1.82) is 0 Å². The first kappa shape index (κ1) is 25.4. The standard InChI is InChI=1S/C18H23N3O2.C10H17NO/c22-17-8-7-16(18(23)19-17)13-1-3-14(4-2-13)20-9-11-21(12-10-20)15-5-6-15;1-8(2)10(12)11-9-6-4-3-5-7-9/h1-4,15-16H,5-12H2,(H,19,22,23);9H,1,3-7H2,2H3,(H,11,12). The molecule has 0 aromatic heterocycles. The van der Waals surface area contributed by atoms with Gasteiger partial charge in [0.05, 0.1) is 5.92 Å². The van der Waals surface area contributed by atoms with E-state index in [2.05, 4.69) is 39.1 Å². The van der Waals surface area contributed by atoms with Gasteiger partial charge in [-0.3, -0.25) is 24.6 Å². The number of piperidine rings is 1. The number of hydrogen-bond donors (Lipinski definition) is 2. The SMILES string of the molecule is C=C(C)C(=O)NC1CCCCC1.O=C1CCC(c2ccc(N3CCN(C4CC4)CC3)cc2)C(=O)N1. The molecule has 2 N–H and O–H groups in total. The van der Waals surface area contributed by atoms with Crippen LogP contribution in [0.5, 0.6) is 0 Å². The molecule has 1 aromatic carbocycles. The van der Waals surface area contributed by atoms with E-state index in [1.54, 1.807) is 6.92 Å². The van der Waals surface area contributed by atoms with Crippen molar-refractivity contribution in [2.45, 2.75) is 82.7 Å². The lowest BCUT2D eigenvalue weighted by molar-refractivity contribution is -0.134. The van der Waals surface area contributed by atoms with Crippen molar-refractivity contribution in [3.8, 4) is 0 Å². The molecule has 2 aliphatic carbocycles. The Labute approximate surface area is 209 Å². The zero-order valence-electron chi connectivity index (χ0n) is 21.1. The number of imide groups is 1. The molecule has 7 nitrogen and oxygen atoms in total. The van der Waals surface area contributed by atoms with Crippen molar-refractivity contribution in [1.82, 2.24) is 15.5 Å². The number of nitrogens with zero attached hydrogens (tertiary/aromatic N) is 2. The molecule has 2 aliphatic heterocycles. The molecule has 0 bridgehead atoms. The van der Waals surface area contributed by atoms with Crippen molar-refractivity contribution < 1.29 is 14.4 Å². The minimum absolute atomic E-state index is 0.0156. The summed E-state index contributed by atoms with van der Waals surface area (Å²) in [7, 11) is 0. The molecule has 1 unspecified atom stereocenters. The maximum atomic E-state index is 11.9. The normalized spacial score (nSPS) is 23.7. The smallest absolute Gasteiger partial charge is 0.246 e. The molecule has 2 heterocycles. The van der Waals surface area contributed by atoms with Crippen molar-refractivity contribution in [3.63, 3.8) is 0 Å². The lowest BCUT2D eigenvalue weighted by Crippen LogP contribution is -2.47. The Hall–Kier alpha value is -2.67. The van der Waals surface area contributed by atoms with E-state index in [1.165, 1.54) is 37.8 Å². The fourth-order valence-electron chi connectivity index (χ4n) is 5.27. The largest absolute Gasteiger partial charge is 0.369 e. The first-order valence-corrected chi connectivity index (χ1v) is 13.3. The van der Waals surface area contributed by atoms with Gasteiger partial charge in [-0.25, -0.2) is 0 Å². The van der Waals surface area contributed by atoms with Crippen LogP contribution in [0.4, 0.5) is 5.69 Å². The number of anilines is 1. The Balaban J connectivity index is 0.000000204. The predicted molar refractivity (Wildman–Crippen MR) is 138 cm³/mol. The van der Waals surface area contributed by atoms with Crippen LogP contribution in [0.3, 0.4) is 0 Å². The minimum atomic E-state index is -0.187. The number of piperazine rings is 1. The van der Waals surface area contributed by atoms with E-state index in [0.29, 0.717) is 24.5 Å². The van der Waals surface area contributed by atoms with Crippen LogP contribution in [0.1, 0.15) is 76.2 Å². The van der Waals surface area contributed by atoms with Crippen molar-refractivity contribution in [3.05, 3.63) is 42.0 Å². The summed E-state index contributed by atoms with van der Waals surface area (Å²) in [6.45, 7) is 9.82. The van der Waals surface area contributed by atoms with Gasteiger partial charge in [0.15, 0.2) is 0 Å². The Morgan fingerprint density at radius 2 is 1.60 bits per heavy atom. The van der Waals surface area contributed by atoms with Gasteiger partial charge in [-0.1, -0.05) is 38.0 Å². The minimum Gasteiger partial charge on any atom is -0.369 e. The number of carbonyl (C=O) groups is 3. The highest BCUT2D eigenvalue weighted by molar-refractivity contribution is 6.00. The average molecular weight is 481 g/mol. The average Bonchev–Trinajstić information content (AvgIpc) is 3.71. The number of amides is 3. The lowest BCUT2D eigenvalue weighted by Gasteiger charge is -2.36. The zero-order valence-corrected chi connectivity index (χ0v) is 21.1. The molecular weight excluding hydrogens is 440 g/mol. The van der Waals surface area contributed by atoms with Crippen LogP contribution in [0, 0.1) is 0 Å². The summed E-state index contributed by atoms with van der Waals surface area (Å²) in [4.78, 5) is 39.4. The van der Waals surface area contributed by atoms with Gasteiger partial charge in [0.25, 0.3) is 0 Å². The number of carbonyl (C=O) groups excluding carboxylic acids is 3. The first-order chi connectivity index (χ1) is 16.9. The van der Waals surface area contributed by atoms with E-state index in [4.69, 9.17) is 0 Å². The topological polar surface area (TPSA) is 81.8 Å². The monoisotopic (exact) mass is 480 g/mol. The summed E-state index contributed by atoms with van der Waals surface area (Å²) in [5.74, 6) is -0.487. The highest BCUT2D eigenvalue weighted by Gasteiger charge is 2.31. The molecule has 4 fully saturated rings. The third-order valence-corrected chi connectivity index (χ3v) is 7.61. The summed E-state index contributed by atoms with van der Waals surface area (Å²) in [6, 6.07) is 9.58. The molecule has 190 valence electrons. The van der Waals surface area contributed by atoms with Crippen LogP contribution < -0.4 is 15.5 Å². The Morgan fingerprint density at radius 3 is 2.17 bits per heavy atom. The van der Waals surface area contributed by atoms with Crippen molar-refractivity contribution in [2.24, 2.45) is 0 Å². The van der Waals surface area contributed by atoms with Crippen LogP contribution in [0.15, 0.2) is 36.4 Å². The molecule has 5 rings (SSSR count). The molecule has 0 spiro atoms. The second kappa shape index (κ2) is 11.8. The van der Waals surface area contributed by atoms with E-state index in [-0.39, 0.29) is 23.6 Å². The maximum Gasteiger partial charge on any atom is 0.246 e. The first-order valence-electron chi connectivity index (χ1n) is 13.3. The lowest BCUT2D eigenvalue weighted by atomic mass is 9.90. The van der Waals surface area contributed by atoms with Gasteiger partial charge < -0.3 is 10.2 Å². The van der Waals surface area contributed by atoms with Crippen molar-refractivity contribution >= 4 is 23.4 Å². The fourth-order valence-corrected chi connectivity index (χ4v) is 5.27. The molecule has 3 amide bonds. The summed E-state index contributed by atoms with van der Waals surface area (Å²) >= 11 is 0. The van der Waals surface area contributed by atoms with Gasteiger partial charge in [-0.05, 0) is 56.7 Å². The van der Waals surface area contributed by atoms with Crippen LogP contribution in [-0.2, 0) is 14.4 Å². The van der Waals surface area contributed by atoms with Crippen molar-refractivity contribution in [2.75, 3.05) is 31.1 Å². The Kier molecular flexibility index (Phi) is 8.60. The second-order valence-electron chi connectivity index (χ2n) is 10.4. The predicted octanol–water partition coefficient (Wildman–Crippen LogP) is 3.50.